The Morgan fingerprint density at radius 3 is 2.76 bits per heavy atom. The van der Waals surface area contributed by atoms with Gasteiger partial charge in [-0.2, -0.15) is 0 Å². The van der Waals surface area contributed by atoms with Crippen molar-refractivity contribution in [2.24, 2.45) is 0 Å². The lowest BCUT2D eigenvalue weighted by Crippen LogP contribution is -2.44. The van der Waals surface area contributed by atoms with Gasteiger partial charge in [0.2, 0.25) is 0 Å². The molecule has 4 nitrogen and oxygen atoms in total. The maximum atomic E-state index is 12.2. The van der Waals surface area contributed by atoms with Gasteiger partial charge in [0.05, 0.1) is 12.7 Å². The van der Waals surface area contributed by atoms with Crippen LogP contribution < -0.4 is 5.32 Å². The molecule has 0 radical (unpaired) electrons. The van der Waals surface area contributed by atoms with Crippen molar-refractivity contribution in [2.45, 2.75) is 32.2 Å². The summed E-state index contributed by atoms with van der Waals surface area (Å²) in [6.45, 7) is 3.15. The number of ether oxygens (including phenoxy) is 1. The average Bonchev–Trinajstić information content (AvgIpc) is 3.06. The number of carbonyl (C=O) groups excluding carboxylic acids is 1. The second-order valence-corrected chi connectivity index (χ2v) is 7.62. The molecule has 3 rings (SSSR count). The second kappa shape index (κ2) is 7.97. The van der Waals surface area contributed by atoms with Gasteiger partial charge >= 0.3 is 5.97 Å². The quantitative estimate of drug-likeness (QED) is 0.619. The predicted molar refractivity (Wildman–Crippen MR) is 107 cm³/mol. The summed E-state index contributed by atoms with van der Waals surface area (Å²) in [5.41, 5.74) is 1.60. The van der Waals surface area contributed by atoms with Crippen LogP contribution in [0.5, 0.6) is 0 Å². The molecule has 1 saturated heterocycles. The van der Waals surface area contributed by atoms with E-state index < -0.39 is 0 Å². The number of hydrogen-bond acceptors (Lipinski definition) is 4. The molecule has 1 aliphatic heterocycles. The van der Waals surface area contributed by atoms with E-state index in [4.69, 9.17) is 17.0 Å². The van der Waals surface area contributed by atoms with Crippen molar-refractivity contribution in [1.82, 2.24) is 4.90 Å². The van der Waals surface area contributed by atoms with Gasteiger partial charge in [-0.15, -0.1) is 11.3 Å². The molecule has 1 fully saturated rings. The monoisotopic (exact) mass is 374 g/mol. The van der Waals surface area contributed by atoms with Gasteiger partial charge < -0.3 is 15.0 Å². The fourth-order valence-corrected chi connectivity index (χ4v) is 4.55. The SMILES string of the molecule is COC(=O)c1cc(-c2ccccc2)sc1NC(=S)N1CCCC[C@@H]1C. The fraction of sp³-hybridized carbons (Fsp3) is 0.368. The highest BCUT2D eigenvalue weighted by molar-refractivity contribution is 7.80. The van der Waals surface area contributed by atoms with Gasteiger partial charge in [0.15, 0.2) is 5.11 Å². The molecule has 25 heavy (non-hydrogen) atoms. The summed E-state index contributed by atoms with van der Waals surface area (Å²) in [6.07, 6.45) is 3.53. The van der Waals surface area contributed by atoms with Crippen LogP contribution >= 0.6 is 23.6 Å². The van der Waals surface area contributed by atoms with Gasteiger partial charge in [0.25, 0.3) is 0 Å². The molecular weight excluding hydrogens is 352 g/mol. The van der Waals surface area contributed by atoms with Gasteiger partial charge in [-0.3, -0.25) is 0 Å². The molecule has 1 aromatic heterocycles. The number of hydrogen-bond donors (Lipinski definition) is 1. The number of likely N-dealkylation sites (tertiary alicyclic amines) is 1. The molecule has 0 unspecified atom stereocenters. The van der Waals surface area contributed by atoms with Crippen molar-refractivity contribution in [3.63, 3.8) is 0 Å². The van der Waals surface area contributed by atoms with Crippen molar-refractivity contribution < 1.29 is 9.53 Å². The minimum absolute atomic E-state index is 0.351. The Kier molecular flexibility index (Phi) is 5.71. The number of carbonyl (C=O) groups is 1. The van der Waals surface area contributed by atoms with Crippen molar-refractivity contribution in [3.8, 4) is 10.4 Å². The molecule has 132 valence electrons. The number of rotatable bonds is 3. The van der Waals surface area contributed by atoms with E-state index in [1.54, 1.807) is 0 Å². The zero-order valence-corrected chi connectivity index (χ0v) is 16.1. The molecule has 0 bridgehead atoms. The Morgan fingerprint density at radius 2 is 2.08 bits per heavy atom. The Balaban J connectivity index is 1.87. The molecular formula is C19H22N2O2S2. The molecule has 0 spiro atoms. The van der Waals surface area contributed by atoms with E-state index >= 15 is 0 Å². The number of nitrogens with one attached hydrogen (secondary N) is 1. The van der Waals surface area contributed by atoms with Crippen LogP contribution in [-0.2, 0) is 4.74 Å². The topological polar surface area (TPSA) is 41.6 Å². The van der Waals surface area contributed by atoms with E-state index in [-0.39, 0.29) is 5.97 Å². The number of anilines is 1. The van der Waals surface area contributed by atoms with Gasteiger partial charge in [0, 0.05) is 17.5 Å². The number of nitrogens with zero attached hydrogens (tertiary/aromatic N) is 1. The predicted octanol–water partition coefficient (Wildman–Crippen LogP) is 4.77. The van der Waals surface area contributed by atoms with Crippen molar-refractivity contribution in [1.29, 1.82) is 0 Å². The first-order valence-electron chi connectivity index (χ1n) is 8.45. The minimum atomic E-state index is -0.351. The number of piperidine rings is 1. The number of thiophene rings is 1. The molecule has 0 saturated carbocycles. The molecule has 1 N–H and O–H groups in total. The van der Waals surface area contributed by atoms with Crippen LogP contribution in [0, 0.1) is 0 Å². The van der Waals surface area contributed by atoms with Gasteiger partial charge in [-0.05, 0) is 50.0 Å². The Bertz CT molecular complexity index is 758. The van der Waals surface area contributed by atoms with Crippen LogP contribution in [0.15, 0.2) is 36.4 Å². The Labute approximate surface area is 157 Å². The summed E-state index contributed by atoms with van der Waals surface area (Å²) in [5, 5.41) is 4.71. The molecule has 1 aliphatic rings. The van der Waals surface area contributed by atoms with Gasteiger partial charge in [0.1, 0.15) is 5.00 Å². The molecule has 0 amide bonds. The maximum absolute atomic E-state index is 12.2. The zero-order valence-electron chi connectivity index (χ0n) is 14.5. The van der Waals surface area contributed by atoms with Crippen LogP contribution in [0.2, 0.25) is 0 Å². The maximum Gasteiger partial charge on any atom is 0.340 e. The van der Waals surface area contributed by atoms with E-state index in [0.717, 1.165) is 34.8 Å². The molecule has 2 aromatic rings. The normalized spacial score (nSPS) is 17.2. The molecule has 2 heterocycles. The summed E-state index contributed by atoms with van der Waals surface area (Å²) >= 11 is 7.13. The Hall–Kier alpha value is -1.92. The third kappa shape index (κ3) is 4.02. The third-order valence-corrected chi connectivity index (χ3v) is 5.92. The van der Waals surface area contributed by atoms with Crippen LogP contribution in [0.3, 0.4) is 0 Å². The summed E-state index contributed by atoms with van der Waals surface area (Å²) < 4.78 is 4.95. The standard InChI is InChI=1S/C19H22N2O2S2/c1-13-8-6-7-11-21(13)19(24)20-17-15(18(22)23-2)12-16(25-17)14-9-4-3-5-10-14/h3-5,9-10,12-13H,6-8,11H2,1-2H3,(H,20,24)/t13-/m0/s1. The minimum Gasteiger partial charge on any atom is -0.465 e. The van der Waals surface area contributed by atoms with Gasteiger partial charge in [-0.1, -0.05) is 30.3 Å². The molecule has 0 aliphatic carbocycles. The van der Waals surface area contributed by atoms with Crippen molar-refractivity contribution >= 4 is 39.6 Å². The highest BCUT2D eigenvalue weighted by Crippen LogP contribution is 2.36. The average molecular weight is 375 g/mol. The van der Waals surface area contributed by atoms with Gasteiger partial charge in [-0.25, -0.2) is 4.79 Å². The van der Waals surface area contributed by atoms with E-state index in [1.807, 2.05) is 36.4 Å². The summed E-state index contributed by atoms with van der Waals surface area (Å²) in [4.78, 5) is 15.4. The fourth-order valence-electron chi connectivity index (χ4n) is 3.06. The van der Waals surface area contributed by atoms with Crippen LogP contribution in [0.1, 0.15) is 36.5 Å². The van der Waals surface area contributed by atoms with E-state index in [9.17, 15) is 4.79 Å². The first kappa shape index (κ1) is 17.9. The lowest BCUT2D eigenvalue weighted by atomic mass is 10.0. The van der Waals surface area contributed by atoms with Crippen LogP contribution in [-0.4, -0.2) is 35.7 Å². The van der Waals surface area contributed by atoms with E-state index in [1.165, 1.54) is 24.9 Å². The van der Waals surface area contributed by atoms with Crippen molar-refractivity contribution in [2.75, 3.05) is 19.0 Å². The lowest BCUT2D eigenvalue weighted by Gasteiger charge is -2.35. The summed E-state index contributed by atoms with van der Waals surface area (Å²) in [7, 11) is 1.40. The Morgan fingerprint density at radius 1 is 1.32 bits per heavy atom. The highest BCUT2D eigenvalue weighted by Gasteiger charge is 2.23. The lowest BCUT2D eigenvalue weighted by molar-refractivity contribution is 0.0602. The van der Waals surface area contributed by atoms with Crippen molar-refractivity contribution in [3.05, 3.63) is 42.0 Å². The smallest absolute Gasteiger partial charge is 0.340 e. The zero-order chi connectivity index (χ0) is 17.8. The highest BCUT2D eigenvalue weighted by atomic mass is 32.1. The largest absolute Gasteiger partial charge is 0.465 e. The first-order chi connectivity index (χ1) is 12.1. The number of thiocarbonyl (C=S) groups is 1. The third-order valence-electron chi connectivity index (χ3n) is 4.48. The van der Waals surface area contributed by atoms with E-state index in [2.05, 4.69) is 17.1 Å². The summed E-state index contributed by atoms with van der Waals surface area (Å²) in [6, 6.07) is 12.3. The molecule has 1 atom stereocenters. The molecule has 1 aromatic carbocycles. The van der Waals surface area contributed by atoms with Crippen LogP contribution in [0.4, 0.5) is 5.00 Å². The number of benzene rings is 1. The number of esters is 1. The second-order valence-electron chi connectivity index (χ2n) is 6.18. The summed E-state index contributed by atoms with van der Waals surface area (Å²) in [5.74, 6) is -0.351. The first-order valence-corrected chi connectivity index (χ1v) is 9.68. The number of methoxy groups -OCH3 is 1. The van der Waals surface area contributed by atoms with E-state index in [0.29, 0.717) is 16.7 Å². The van der Waals surface area contributed by atoms with Crippen LogP contribution in [0.25, 0.3) is 10.4 Å². The molecule has 6 heteroatoms.